The Bertz CT molecular complexity index is 901. The lowest BCUT2D eigenvalue weighted by atomic mass is 10.2. The maximum Gasteiger partial charge on any atom is 0.273 e. The van der Waals surface area contributed by atoms with Crippen LogP contribution in [0.25, 0.3) is 10.9 Å². The van der Waals surface area contributed by atoms with E-state index in [1.807, 2.05) is 49.4 Å². The van der Waals surface area contributed by atoms with Crippen molar-refractivity contribution in [1.29, 1.82) is 0 Å². The number of nitrogens with zero attached hydrogens (tertiary/aromatic N) is 1. The first-order valence-electron chi connectivity index (χ1n) is 7.66. The van der Waals surface area contributed by atoms with Gasteiger partial charge in [0, 0.05) is 11.1 Å². The molecule has 2 aromatic carbocycles. The van der Waals surface area contributed by atoms with Gasteiger partial charge in [-0.15, -0.1) is 0 Å². The van der Waals surface area contributed by atoms with Crippen LogP contribution in [0.4, 0.5) is 5.69 Å². The molecule has 122 valence electrons. The molecule has 0 aliphatic heterocycles. The smallest absolute Gasteiger partial charge is 0.273 e. The highest BCUT2D eigenvalue weighted by Crippen LogP contribution is 2.15. The number of amides is 2. The van der Waals surface area contributed by atoms with Gasteiger partial charge in [-0.1, -0.05) is 30.3 Å². The molecule has 0 fully saturated rings. The lowest BCUT2D eigenvalue weighted by Gasteiger charge is -2.13. The summed E-state index contributed by atoms with van der Waals surface area (Å²) in [6.07, 6.45) is 0. The normalized spacial score (nSPS) is 11.9. The van der Waals surface area contributed by atoms with Gasteiger partial charge in [0.1, 0.15) is 6.04 Å². The Morgan fingerprint density at radius 1 is 1.12 bits per heavy atom. The van der Waals surface area contributed by atoms with Crippen molar-refractivity contribution in [2.45, 2.75) is 19.9 Å². The van der Waals surface area contributed by atoms with E-state index in [1.165, 1.54) is 0 Å². The number of hydrogen-bond donors (Lipinski definition) is 3. The minimum Gasteiger partial charge on any atom is -0.339 e. The fraction of sp³-hybridized carbons (Fsp3) is 0.167. The largest absolute Gasteiger partial charge is 0.339 e. The standard InChI is InChI=1S/C18H18N4O2/c1-11-6-5-7-13(10-11)20-17(23)12(2)19-18(24)16-14-8-3-4-9-15(14)21-22-16/h3-10,12H,1-2H3,(H,19,24)(H,20,23)(H,21,22). The lowest BCUT2D eigenvalue weighted by Crippen LogP contribution is -2.41. The summed E-state index contributed by atoms with van der Waals surface area (Å²) in [5.74, 6) is -0.673. The minimum atomic E-state index is -0.687. The third kappa shape index (κ3) is 3.27. The number of para-hydroxylation sites is 1. The Balaban J connectivity index is 1.68. The number of carbonyl (C=O) groups is 2. The number of aromatic amines is 1. The van der Waals surface area contributed by atoms with Crippen LogP contribution in [0.5, 0.6) is 0 Å². The van der Waals surface area contributed by atoms with Gasteiger partial charge in [-0.25, -0.2) is 0 Å². The topological polar surface area (TPSA) is 86.9 Å². The number of aromatic nitrogens is 2. The number of benzene rings is 2. The minimum absolute atomic E-state index is 0.279. The number of H-pyrrole nitrogens is 1. The predicted molar refractivity (Wildman–Crippen MR) is 92.8 cm³/mol. The van der Waals surface area contributed by atoms with E-state index < -0.39 is 6.04 Å². The second kappa shape index (κ2) is 6.54. The summed E-state index contributed by atoms with van der Waals surface area (Å²) in [6.45, 7) is 3.58. The highest BCUT2D eigenvalue weighted by Gasteiger charge is 2.20. The van der Waals surface area contributed by atoms with E-state index in [2.05, 4.69) is 20.8 Å². The molecular formula is C18H18N4O2. The molecule has 2 amide bonds. The molecule has 1 atom stereocenters. The molecule has 1 heterocycles. The Kier molecular flexibility index (Phi) is 4.29. The van der Waals surface area contributed by atoms with Gasteiger partial charge in [0.05, 0.1) is 5.52 Å². The summed E-state index contributed by atoms with van der Waals surface area (Å²) in [5.41, 5.74) is 2.80. The molecule has 0 spiro atoms. The molecule has 6 heteroatoms. The molecule has 0 saturated carbocycles. The SMILES string of the molecule is Cc1cccc(NC(=O)C(C)NC(=O)c2n[nH]c3ccccc23)c1. The second-order valence-electron chi connectivity index (χ2n) is 5.67. The van der Waals surface area contributed by atoms with Gasteiger partial charge >= 0.3 is 0 Å². The third-order valence-corrected chi connectivity index (χ3v) is 3.71. The van der Waals surface area contributed by atoms with E-state index in [-0.39, 0.29) is 17.5 Å². The van der Waals surface area contributed by atoms with Gasteiger partial charge in [-0.3, -0.25) is 14.7 Å². The highest BCUT2D eigenvalue weighted by molar-refractivity contribution is 6.06. The Labute approximate surface area is 139 Å². The Morgan fingerprint density at radius 3 is 2.71 bits per heavy atom. The van der Waals surface area contributed by atoms with Crippen molar-refractivity contribution in [3.8, 4) is 0 Å². The monoisotopic (exact) mass is 322 g/mol. The molecule has 3 N–H and O–H groups in total. The van der Waals surface area contributed by atoms with E-state index >= 15 is 0 Å². The number of hydrogen-bond acceptors (Lipinski definition) is 3. The molecule has 0 bridgehead atoms. The predicted octanol–water partition coefficient (Wildman–Crippen LogP) is 2.63. The first-order chi connectivity index (χ1) is 11.5. The molecular weight excluding hydrogens is 304 g/mol. The number of aryl methyl sites for hydroxylation is 1. The molecule has 1 unspecified atom stereocenters. The van der Waals surface area contributed by atoms with Crippen molar-refractivity contribution in [1.82, 2.24) is 15.5 Å². The van der Waals surface area contributed by atoms with Gasteiger partial charge in [-0.05, 0) is 37.6 Å². The fourth-order valence-corrected chi connectivity index (χ4v) is 2.44. The van der Waals surface area contributed by atoms with Crippen LogP contribution in [0.15, 0.2) is 48.5 Å². The van der Waals surface area contributed by atoms with Gasteiger partial charge < -0.3 is 10.6 Å². The molecule has 24 heavy (non-hydrogen) atoms. The van der Waals surface area contributed by atoms with E-state index in [9.17, 15) is 9.59 Å². The summed E-state index contributed by atoms with van der Waals surface area (Å²) in [5, 5.41) is 13.0. The van der Waals surface area contributed by atoms with Crippen LogP contribution in [0.2, 0.25) is 0 Å². The first-order valence-corrected chi connectivity index (χ1v) is 7.66. The summed E-state index contributed by atoms with van der Waals surface area (Å²) < 4.78 is 0. The van der Waals surface area contributed by atoms with Crippen LogP contribution in [0.3, 0.4) is 0 Å². The van der Waals surface area contributed by atoms with Crippen molar-refractivity contribution < 1.29 is 9.59 Å². The average Bonchev–Trinajstić information content (AvgIpc) is 2.99. The van der Waals surface area contributed by atoms with E-state index in [0.29, 0.717) is 5.69 Å². The molecule has 3 rings (SSSR count). The Hall–Kier alpha value is -3.15. The zero-order valence-corrected chi connectivity index (χ0v) is 13.5. The van der Waals surface area contributed by atoms with Crippen LogP contribution in [-0.2, 0) is 4.79 Å². The zero-order valence-electron chi connectivity index (χ0n) is 13.5. The van der Waals surface area contributed by atoms with Gasteiger partial charge in [0.25, 0.3) is 5.91 Å². The highest BCUT2D eigenvalue weighted by atomic mass is 16.2. The van der Waals surface area contributed by atoms with Crippen LogP contribution >= 0.6 is 0 Å². The van der Waals surface area contributed by atoms with Crippen molar-refractivity contribution >= 4 is 28.4 Å². The van der Waals surface area contributed by atoms with Gasteiger partial charge in [-0.2, -0.15) is 5.10 Å². The number of anilines is 1. The molecule has 0 aliphatic rings. The summed E-state index contributed by atoms with van der Waals surface area (Å²) in [6, 6.07) is 14.1. The maximum atomic E-state index is 12.4. The number of rotatable bonds is 4. The molecule has 1 aromatic heterocycles. The molecule has 6 nitrogen and oxygen atoms in total. The molecule has 0 saturated heterocycles. The van der Waals surface area contributed by atoms with Crippen molar-refractivity contribution in [2.75, 3.05) is 5.32 Å². The van der Waals surface area contributed by atoms with Gasteiger partial charge in [0.2, 0.25) is 5.91 Å². The summed E-state index contributed by atoms with van der Waals surface area (Å²) in [4.78, 5) is 24.6. The Morgan fingerprint density at radius 2 is 1.92 bits per heavy atom. The molecule has 3 aromatic rings. The van der Waals surface area contributed by atoms with E-state index in [1.54, 1.807) is 13.0 Å². The van der Waals surface area contributed by atoms with Crippen molar-refractivity contribution in [3.63, 3.8) is 0 Å². The van der Waals surface area contributed by atoms with Crippen LogP contribution in [0.1, 0.15) is 23.0 Å². The van der Waals surface area contributed by atoms with Crippen LogP contribution in [-0.4, -0.2) is 28.1 Å². The van der Waals surface area contributed by atoms with Crippen LogP contribution < -0.4 is 10.6 Å². The van der Waals surface area contributed by atoms with Crippen molar-refractivity contribution in [2.24, 2.45) is 0 Å². The first kappa shape index (κ1) is 15.7. The number of fused-ring (bicyclic) bond motifs is 1. The van der Waals surface area contributed by atoms with Gasteiger partial charge in [0.15, 0.2) is 5.69 Å². The summed E-state index contributed by atoms with van der Waals surface area (Å²) >= 11 is 0. The average molecular weight is 322 g/mol. The van der Waals surface area contributed by atoms with E-state index in [4.69, 9.17) is 0 Å². The quantitative estimate of drug-likeness (QED) is 0.690. The second-order valence-corrected chi connectivity index (χ2v) is 5.67. The van der Waals surface area contributed by atoms with Crippen LogP contribution in [0, 0.1) is 6.92 Å². The van der Waals surface area contributed by atoms with Crippen molar-refractivity contribution in [3.05, 3.63) is 59.8 Å². The maximum absolute atomic E-state index is 12.4. The van der Waals surface area contributed by atoms with E-state index in [0.717, 1.165) is 16.5 Å². The number of nitrogens with one attached hydrogen (secondary N) is 3. The number of carbonyl (C=O) groups excluding carboxylic acids is 2. The summed E-state index contributed by atoms with van der Waals surface area (Å²) in [7, 11) is 0. The fourth-order valence-electron chi connectivity index (χ4n) is 2.44. The third-order valence-electron chi connectivity index (χ3n) is 3.71. The molecule has 0 radical (unpaired) electrons. The molecule has 0 aliphatic carbocycles. The lowest BCUT2D eigenvalue weighted by molar-refractivity contribution is -0.117. The zero-order chi connectivity index (χ0) is 17.1.